The van der Waals surface area contributed by atoms with Gasteiger partial charge >= 0.3 is 0 Å². The molecule has 0 aliphatic carbocycles. The minimum Gasteiger partial charge on any atom is -0.492 e. The van der Waals surface area contributed by atoms with Gasteiger partial charge in [0, 0.05) is 20.7 Å². The highest BCUT2D eigenvalue weighted by molar-refractivity contribution is 5.79. The quantitative estimate of drug-likeness (QED) is 0.446. The molecule has 0 unspecified atom stereocenters. The van der Waals surface area contributed by atoms with E-state index < -0.39 is 0 Å². The van der Waals surface area contributed by atoms with Gasteiger partial charge in [-0.25, -0.2) is 0 Å². The zero-order valence-electron chi connectivity index (χ0n) is 12.6. The second-order valence-corrected chi connectivity index (χ2v) is 4.31. The molecule has 0 spiro atoms. The molecule has 112 valence electrons. The number of hydrogen-bond acceptors (Lipinski definition) is 3. The number of nitrogens with one attached hydrogen (secondary N) is 1. The molecule has 0 aliphatic rings. The zero-order valence-corrected chi connectivity index (χ0v) is 12.6. The first-order valence-corrected chi connectivity index (χ1v) is 6.94. The van der Waals surface area contributed by atoms with Crippen molar-refractivity contribution in [2.45, 2.75) is 6.92 Å². The molecule has 1 aromatic carbocycles. The van der Waals surface area contributed by atoms with Gasteiger partial charge in [0.05, 0.1) is 19.7 Å². The molecule has 0 atom stereocenters. The average Bonchev–Trinajstić information content (AvgIpc) is 2.47. The van der Waals surface area contributed by atoms with Gasteiger partial charge in [-0.05, 0) is 19.1 Å². The van der Waals surface area contributed by atoms with Gasteiger partial charge in [0.1, 0.15) is 12.4 Å². The predicted molar refractivity (Wildman–Crippen MR) is 82.4 cm³/mol. The van der Waals surface area contributed by atoms with Crippen LogP contribution in [0.4, 0.5) is 0 Å². The van der Waals surface area contributed by atoms with Crippen LogP contribution in [-0.2, 0) is 4.74 Å². The van der Waals surface area contributed by atoms with Gasteiger partial charge in [-0.3, -0.25) is 4.99 Å². The lowest BCUT2D eigenvalue weighted by molar-refractivity contribution is 0.207. The summed E-state index contributed by atoms with van der Waals surface area (Å²) in [5, 5.41) is 3.25. The molecule has 0 radical (unpaired) electrons. The van der Waals surface area contributed by atoms with Gasteiger partial charge in [-0.2, -0.15) is 0 Å². The number of aliphatic imine (C=N–C) groups is 1. The second-order valence-electron chi connectivity index (χ2n) is 4.31. The Hall–Kier alpha value is -1.75. The first-order chi connectivity index (χ1) is 9.77. The van der Waals surface area contributed by atoms with Crippen LogP contribution < -0.4 is 10.1 Å². The molecule has 1 aromatic rings. The van der Waals surface area contributed by atoms with Crippen LogP contribution in [0.15, 0.2) is 35.3 Å². The highest BCUT2D eigenvalue weighted by Gasteiger charge is 2.05. The summed E-state index contributed by atoms with van der Waals surface area (Å²) >= 11 is 0. The normalized spacial score (nSPS) is 11.2. The van der Waals surface area contributed by atoms with E-state index in [1.165, 1.54) is 0 Å². The van der Waals surface area contributed by atoms with Crippen LogP contribution in [0.25, 0.3) is 0 Å². The zero-order chi connectivity index (χ0) is 14.6. The number of guanidine groups is 1. The van der Waals surface area contributed by atoms with E-state index in [9.17, 15) is 0 Å². The van der Waals surface area contributed by atoms with Gasteiger partial charge in [-0.1, -0.05) is 18.2 Å². The number of ether oxygens (including phenoxy) is 2. The topological polar surface area (TPSA) is 46.1 Å². The maximum atomic E-state index is 5.68. The SMILES string of the molecule is CCNC(=NCCOC)N(C)CCOc1ccccc1. The van der Waals surface area contributed by atoms with E-state index in [1.54, 1.807) is 7.11 Å². The number of hydrogen-bond donors (Lipinski definition) is 1. The van der Waals surface area contributed by atoms with E-state index in [1.807, 2.05) is 37.4 Å². The highest BCUT2D eigenvalue weighted by atomic mass is 16.5. The molecular weight excluding hydrogens is 254 g/mol. The van der Waals surface area contributed by atoms with Crippen LogP contribution in [0, 0.1) is 0 Å². The van der Waals surface area contributed by atoms with Gasteiger partial charge in [0.25, 0.3) is 0 Å². The summed E-state index contributed by atoms with van der Waals surface area (Å²) in [6, 6.07) is 9.82. The smallest absolute Gasteiger partial charge is 0.193 e. The second kappa shape index (κ2) is 10.1. The summed E-state index contributed by atoms with van der Waals surface area (Å²) in [7, 11) is 3.68. The summed E-state index contributed by atoms with van der Waals surface area (Å²) in [4.78, 5) is 6.54. The van der Waals surface area contributed by atoms with E-state index in [-0.39, 0.29) is 0 Å². The minimum atomic E-state index is 0.620. The summed E-state index contributed by atoms with van der Waals surface area (Å²) in [5.74, 6) is 1.77. The Bertz CT molecular complexity index is 382. The van der Waals surface area contributed by atoms with Crippen molar-refractivity contribution in [2.24, 2.45) is 4.99 Å². The van der Waals surface area contributed by atoms with Crippen LogP contribution in [0.3, 0.4) is 0 Å². The van der Waals surface area contributed by atoms with Crippen molar-refractivity contribution >= 4 is 5.96 Å². The number of methoxy groups -OCH3 is 1. The molecule has 5 nitrogen and oxygen atoms in total. The van der Waals surface area contributed by atoms with Crippen molar-refractivity contribution in [1.29, 1.82) is 0 Å². The fourth-order valence-electron chi connectivity index (χ4n) is 1.64. The number of benzene rings is 1. The molecular formula is C15H25N3O2. The lowest BCUT2D eigenvalue weighted by atomic mass is 10.3. The molecule has 0 heterocycles. The van der Waals surface area contributed by atoms with E-state index >= 15 is 0 Å². The Morgan fingerprint density at radius 1 is 1.25 bits per heavy atom. The predicted octanol–water partition coefficient (Wildman–Crippen LogP) is 1.61. The molecule has 0 saturated carbocycles. The van der Waals surface area contributed by atoms with Gasteiger partial charge in [0.2, 0.25) is 0 Å². The Kier molecular flexibility index (Phi) is 8.22. The van der Waals surface area contributed by atoms with Crippen LogP contribution in [0.5, 0.6) is 5.75 Å². The molecule has 0 aromatic heterocycles. The van der Waals surface area contributed by atoms with Gasteiger partial charge in [0.15, 0.2) is 5.96 Å². The van der Waals surface area contributed by atoms with Crippen molar-refractivity contribution < 1.29 is 9.47 Å². The molecule has 0 aliphatic heterocycles. The number of likely N-dealkylation sites (N-methyl/N-ethyl adjacent to an activating group) is 1. The first kappa shape index (κ1) is 16.3. The summed E-state index contributed by atoms with van der Waals surface area (Å²) in [5.41, 5.74) is 0. The van der Waals surface area contributed by atoms with Crippen LogP contribution in [0.1, 0.15) is 6.92 Å². The largest absolute Gasteiger partial charge is 0.492 e. The van der Waals surface area contributed by atoms with Crippen LogP contribution in [0.2, 0.25) is 0 Å². The Labute approximate surface area is 121 Å². The average molecular weight is 279 g/mol. The van der Waals surface area contributed by atoms with Crippen molar-refractivity contribution in [3.05, 3.63) is 30.3 Å². The molecule has 0 fully saturated rings. The molecule has 0 bridgehead atoms. The molecule has 5 heteroatoms. The van der Waals surface area contributed by atoms with Crippen molar-refractivity contribution in [3.63, 3.8) is 0 Å². The lowest BCUT2D eigenvalue weighted by Crippen LogP contribution is -2.41. The minimum absolute atomic E-state index is 0.620. The van der Waals surface area contributed by atoms with Gasteiger partial charge < -0.3 is 19.7 Å². The standard InChI is InChI=1S/C15H25N3O2/c1-4-16-15(17-10-12-19-3)18(2)11-13-20-14-8-6-5-7-9-14/h5-9H,4,10-13H2,1-3H3,(H,16,17). The van der Waals surface area contributed by atoms with E-state index in [0.717, 1.165) is 24.8 Å². The lowest BCUT2D eigenvalue weighted by Gasteiger charge is -2.22. The van der Waals surface area contributed by atoms with Gasteiger partial charge in [-0.15, -0.1) is 0 Å². The monoisotopic (exact) mass is 279 g/mol. The van der Waals surface area contributed by atoms with E-state index in [2.05, 4.69) is 22.1 Å². The third-order valence-corrected chi connectivity index (χ3v) is 2.69. The summed E-state index contributed by atoms with van der Waals surface area (Å²) in [6.07, 6.45) is 0. The van der Waals surface area contributed by atoms with E-state index in [4.69, 9.17) is 9.47 Å². The van der Waals surface area contributed by atoms with E-state index in [0.29, 0.717) is 19.8 Å². The fraction of sp³-hybridized carbons (Fsp3) is 0.533. The molecule has 1 rings (SSSR count). The molecule has 20 heavy (non-hydrogen) atoms. The molecule has 0 saturated heterocycles. The number of nitrogens with zero attached hydrogens (tertiary/aromatic N) is 2. The number of rotatable bonds is 8. The summed E-state index contributed by atoms with van der Waals surface area (Å²) < 4.78 is 10.7. The Morgan fingerprint density at radius 3 is 2.65 bits per heavy atom. The molecule has 0 amide bonds. The summed E-state index contributed by atoms with van der Waals surface area (Å²) in [6.45, 7) is 5.57. The van der Waals surface area contributed by atoms with Crippen LogP contribution in [-0.4, -0.2) is 57.9 Å². The number of para-hydroxylation sites is 1. The highest BCUT2D eigenvalue weighted by Crippen LogP contribution is 2.07. The maximum Gasteiger partial charge on any atom is 0.193 e. The Balaban J connectivity index is 2.37. The Morgan fingerprint density at radius 2 is 2.00 bits per heavy atom. The van der Waals surface area contributed by atoms with Crippen molar-refractivity contribution in [2.75, 3.05) is 47.0 Å². The first-order valence-electron chi connectivity index (χ1n) is 6.94. The molecule has 1 N–H and O–H groups in total. The maximum absolute atomic E-state index is 5.68. The van der Waals surface area contributed by atoms with Crippen LogP contribution >= 0.6 is 0 Å². The third kappa shape index (κ3) is 6.43. The van der Waals surface area contributed by atoms with Crippen molar-refractivity contribution in [1.82, 2.24) is 10.2 Å². The fourth-order valence-corrected chi connectivity index (χ4v) is 1.64. The van der Waals surface area contributed by atoms with Crippen molar-refractivity contribution in [3.8, 4) is 5.75 Å². The third-order valence-electron chi connectivity index (χ3n) is 2.69.